The van der Waals surface area contributed by atoms with Crippen molar-refractivity contribution in [1.29, 1.82) is 0 Å². The SMILES string of the molecule is Cc1[c]cccc1.[Cl-].[Zn]. The quantitative estimate of drug-likeness (QED) is 0.453. The topological polar surface area (TPSA) is 0 Å². The van der Waals surface area contributed by atoms with Crippen LogP contribution >= 0.6 is 0 Å². The van der Waals surface area contributed by atoms with Crippen LogP contribution in [0.25, 0.3) is 0 Å². The van der Waals surface area contributed by atoms with Crippen LogP contribution in [0.4, 0.5) is 0 Å². The molecule has 0 saturated heterocycles. The molecule has 0 atom stereocenters. The van der Waals surface area contributed by atoms with Gasteiger partial charge in [0, 0.05) is 19.5 Å². The van der Waals surface area contributed by atoms with E-state index in [2.05, 4.69) is 6.07 Å². The monoisotopic (exact) mass is 190 g/mol. The van der Waals surface area contributed by atoms with Gasteiger partial charge in [0.05, 0.1) is 0 Å². The predicted molar refractivity (Wildman–Crippen MR) is 30.0 cm³/mol. The van der Waals surface area contributed by atoms with Gasteiger partial charge in [-0.25, -0.2) is 0 Å². The molecule has 1 aromatic rings. The summed E-state index contributed by atoms with van der Waals surface area (Å²) in [6.45, 7) is 2.03. The number of halogens is 1. The van der Waals surface area contributed by atoms with Gasteiger partial charge in [0.2, 0.25) is 0 Å². The van der Waals surface area contributed by atoms with Crippen LogP contribution in [0.3, 0.4) is 0 Å². The maximum atomic E-state index is 3.03. The molecule has 9 heavy (non-hydrogen) atoms. The van der Waals surface area contributed by atoms with Crippen LogP contribution in [0.1, 0.15) is 5.56 Å². The van der Waals surface area contributed by atoms with Crippen LogP contribution in [0.15, 0.2) is 24.3 Å². The van der Waals surface area contributed by atoms with Gasteiger partial charge >= 0.3 is 0 Å². The second kappa shape index (κ2) is 6.26. The van der Waals surface area contributed by atoms with Crippen molar-refractivity contribution in [1.82, 2.24) is 0 Å². The first-order chi connectivity index (χ1) is 3.39. The van der Waals surface area contributed by atoms with Gasteiger partial charge in [-0.15, -0.1) is 0 Å². The number of aryl methyl sites for hydroxylation is 1. The van der Waals surface area contributed by atoms with E-state index >= 15 is 0 Å². The van der Waals surface area contributed by atoms with E-state index in [4.69, 9.17) is 0 Å². The molecule has 0 aliphatic rings. The van der Waals surface area contributed by atoms with Crippen molar-refractivity contribution in [2.75, 3.05) is 0 Å². The van der Waals surface area contributed by atoms with Gasteiger partial charge in [0.25, 0.3) is 0 Å². The van der Waals surface area contributed by atoms with Crippen molar-refractivity contribution in [3.8, 4) is 0 Å². The van der Waals surface area contributed by atoms with Gasteiger partial charge in [0.15, 0.2) is 0 Å². The van der Waals surface area contributed by atoms with E-state index in [0.29, 0.717) is 0 Å². The number of benzene rings is 1. The molecule has 1 rings (SSSR count). The van der Waals surface area contributed by atoms with E-state index in [0.717, 1.165) is 0 Å². The Labute approximate surface area is 74.8 Å². The van der Waals surface area contributed by atoms with Gasteiger partial charge in [-0.2, -0.15) is 0 Å². The van der Waals surface area contributed by atoms with Crippen LogP contribution in [-0.2, 0) is 19.5 Å². The van der Waals surface area contributed by atoms with Crippen molar-refractivity contribution < 1.29 is 31.9 Å². The fourth-order valence-electron chi connectivity index (χ4n) is 0.483. The molecule has 1 radical (unpaired) electrons. The molecule has 0 fully saturated rings. The van der Waals surface area contributed by atoms with Gasteiger partial charge in [0.1, 0.15) is 0 Å². The molecule has 0 aliphatic heterocycles. The minimum Gasteiger partial charge on any atom is -1.00 e. The second-order valence-electron chi connectivity index (χ2n) is 1.55. The molecule has 0 saturated carbocycles. The van der Waals surface area contributed by atoms with Crippen LogP contribution < -0.4 is 12.4 Å². The molecule has 0 spiro atoms. The molecule has 0 aliphatic carbocycles. The van der Waals surface area contributed by atoms with E-state index in [9.17, 15) is 0 Å². The van der Waals surface area contributed by atoms with Gasteiger partial charge in [-0.05, 0) is 18.6 Å². The summed E-state index contributed by atoms with van der Waals surface area (Å²) in [7, 11) is 0. The fraction of sp³-hybridized carbons (Fsp3) is 0.143. The number of hydrogen-bond donors (Lipinski definition) is 0. The number of hydrogen-bond acceptors (Lipinski definition) is 0. The molecule has 0 amide bonds. The van der Waals surface area contributed by atoms with Gasteiger partial charge in [-0.3, -0.25) is 0 Å². The molecule has 2 heteroatoms. The van der Waals surface area contributed by atoms with Crippen molar-refractivity contribution in [2.45, 2.75) is 6.92 Å². The normalized spacial score (nSPS) is 6.78. The zero-order valence-corrected chi connectivity index (χ0v) is 9.12. The Balaban J connectivity index is 0. The maximum Gasteiger partial charge on any atom is 0 e. The smallest absolute Gasteiger partial charge is 0 e. The third-order valence-electron chi connectivity index (χ3n) is 0.865. The van der Waals surface area contributed by atoms with E-state index < -0.39 is 0 Å². The van der Waals surface area contributed by atoms with Crippen LogP contribution in [0.5, 0.6) is 0 Å². The average molecular weight is 192 g/mol. The van der Waals surface area contributed by atoms with Gasteiger partial charge < -0.3 is 12.4 Å². The molecule has 0 N–H and O–H groups in total. The summed E-state index contributed by atoms with van der Waals surface area (Å²) < 4.78 is 0. The van der Waals surface area contributed by atoms with Crippen molar-refractivity contribution >= 4 is 0 Å². The van der Waals surface area contributed by atoms with Crippen molar-refractivity contribution in [2.24, 2.45) is 0 Å². The van der Waals surface area contributed by atoms with E-state index in [-0.39, 0.29) is 31.9 Å². The largest absolute Gasteiger partial charge is 1.00 e. The Morgan fingerprint density at radius 3 is 2.22 bits per heavy atom. The van der Waals surface area contributed by atoms with Crippen LogP contribution in [0, 0.1) is 13.0 Å². The van der Waals surface area contributed by atoms with E-state index in [1.165, 1.54) is 5.56 Å². The van der Waals surface area contributed by atoms with Crippen LogP contribution in [-0.4, -0.2) is 0 Å². The van der Waals surface area contributed by atoms with Crippen molar-refractivity contribution in [3.05, 3.63) is 35.9 Å². The first kappa shape index (κ1) is 11.9. The average Bonchev–Trinajstić information content (AvgIpc) is 1.69. The first-order valence-corrected chi connectivity index (χ1v) is 2.33. The van der Waals surface area contributed by atoms with Gasteiger partial charge in [-0.1, -0.05) is 24.3 Å². The maximum absolute atomic E-state index is 3.03. The summed E-state index contributed by atoms with van der Waals surface area (Å²) in [4.78, 5) is 0. The summed E-state index contributed by atoms with van der Waals surface area (Å²) >= 11 is 0. The Morgan fingerprint density at radius 2 is 2.00 bits per heavy atom. The Hall–Kier alpha value is 0.133. The Morgan fingerprint density at radius 1 is 1.33 bits per heavy atom. The Kier molecular flexibility index (Phi) is 8.25. The molecule has 0 nitrogen and oxygen atoms in total. The second-order valence-corrected chi connectivity index (χ2v) is 1.55. The fourth-order valence-corrected chi connectivity index (χ4v) is 0.483. The Bertz CT molecular complexity index is 139. The summed E-state index contributed by atoms with van der Waals surface area (Å²) in [5.74, 6) is 0. The first-order valence-electron chi connectivity index (χ1n) is 2.33. The molecule has 45 valence electrons. The molecule has 1 aromatic carbocycles. The molecular formula is C7H7ClZn-. The standard InChI is InChI=1S/C7H7.ClH.Zn/c1-7-5-3-2-4-6-7;;/h2-5H,1H3;1H;/p-1. The third-order valence-corrected chi connectivity index (χ3v) is 0.865. The molecule has 0 unspecified atom stereocenters. The summed E-state index contributed by atoms with van der Waals surface area (Å²) in [5.41, 5.74) is 1.20. The number of rotatable bonds is 0. The molecule has 0 heterocycles. The molecule has 0 aromatic heterocycles. The summed E-state index contributed by atoms with van der Waals surface area (Å²) in [6.07, 6.45) is 0. The third kappa shape index (κ3) is 4.63. The minimum atomic E-state index is 0. The predicted octanol–water partition coefficient (Wildman–Crippen LogP) is -1.20. The molecule has 0 bridgehead atoms. The zero-order valence-electron chi connectivity index (χ0n) is 5.39. The minimum absolute atomic E-state index is 0. The molecular weight excluding hydrogens is 185 g/mol. The zero-order chi connectivity index (χ0) is 5.11. The van der Waals surface area contributed by atoms with Crippen LogP contribution in [0.2, 0.25) is 0 Å². The summed E-state index contributed by atoms with van der Waals surface area (Å²) in [5, 5.41) is 0. The van der Waals surface area contributed by atoms with E-state index in [1.807, 2.05) is 31.2 Å². The van der Waals surface area contributed by atoms with Crippen molar-refractivity contribution in [3.63, 3.8) is 0 Å². The van der Waals surface area contributed by atoms with E-state index in [1.54, 1.807) is 0 Å². The summed E-state index contributed by atoms with van der Waals surface area (Å²) in [6, 6.07) is 10.9.